The van der Waals surface area contributed by atoms with Gasteiger partial charge in [-0.3, -0.25) is 0 Å². The van der Waals surface area contributed by atoms with Gasteiger partial charge in [0.15, 0.2) is 0 Å². The first kappa shape index (κ1) is 44.6. The van der Waals surface area contributed by atoms with Crippen molar-refractivity contribution < 1.29 is 88.4 Å². The summed E-state index contributed by atoms with van der Waals surface area (Å²) in [5.74, 6) is -1.07. The van der Waals surface area contributed by atoms with Gasteiger partial charge < -0.3 is 29.9 Å². The molecular formula is C20H42O10Ti2. The van der Waals surface area contributed by atoms with E-state index >= 15 is 0 Å². The molecule has 190 valence electrons. The predicted octanol–water partition coefficient (Wildman–Crippen LogP) is 3.58. The zero-order valence-corrected chi connectivity index (χ0v) is 23.2. The second kappa shape index (κ2) is 43.8. The van der Waals surface area contributed by atoms with Crippen LogP contribution < -0.4 is 0 Å². The molecule has 0 aromatic heterocycles. The van der Waals surface area contributed by atoms with Crippen LogP contribution >= 0.6 is 0 Å². The average Bonchev–Trinajstić information content (AvgIpc) is 2.64. The molecule has 0 aliphatic heterocycles. The van der Waals surface area contributed by atoms with Crippen LogP contribution in [0.5, 0.6) is 0 Å². The fourth-order valence-corrected chi connectivity index (χ4v) is 1.03. The summed E-state index contributed by atoms with van der Waals surface area (Å²) in [4.78, 5) is 20.8. The fraction of sp³-hybridized carbons (Fsp3) is 0.700. The van der Waals surface area contributed by atoms with Gasteiger partial charge in [-0.25, -0.2) is 9.59 Å². The summed E-state index contributed by atoms with van der Waals surface area (Å²) in [5, 5.41) is 33.2. The van der Waals surface area contributed by atoms with Gasteiger partial charge in [0.1, 0.15) is 0 Å². The van der Waals surface area contributed by atoms with Crippen LogP contribution in [0.2, 0.25) is 0 Å². The van der Waals surface area contributed by atoms with E-state index in [4.69, 9.17) is 27.1 Å². The molecule has 0 aliphatic carbocycles. The summed E-state index contributed by atoms with van der Waals surface area (Å²) in [6, 6.07) is 0. The second-order valence-electron chi connectivity index (χ2n) is 5.31. The van der Waals surface area contributed by atoms with Crippen LogP contribution in [-0.2, 0) is 66.5 Å². The Balaban J connectivity index is -0.0000000530. The van der Waals surface area contributed by atoms with E-state index < -0.39 is 31.0 Å². The predicted molar refractivity (Wildman–Crippen MR) is 114 cm³/mol. The zero-order valence-electron chi connectivity index (χ0n) is 20.0. The zero-order chi connectivity index (χ0) is 25.5. The van der Waals surface area contributed by atoms with Crippen LogP contribution in [0.3, 0.4) is 0 Å². The number of ether oxygens (including phenoxy) is 2. The van der Waals surface area contributed by atoms with Crippen LogP contribution in [-0.4, -0.2) is 58.8 Å². The molecule has 32 heavy (non-hydrogen) atoms. The van der Waals surface area contributed by atoms with E-state index in [1.165, 1.54) is 13.8 Å². The van der Waals surface area contributed by atoms with Crippen LogP contribution in [0.15, 0.2) is 23.7 Å². The van der Waals surface area contributed by atoms with Gasteiger partial charge >= 0.3 is 37.7 Å². The molecule has 10 nitrogen and oxygen atoms in total. The minimum Gasteiger partial charge on any atom is 0 e. The van der Waals surface area contributed by atoms with E-state index in [1.54, 1.807) is 13.8 Å². The Kier molecular flexibility index (Phi) is 61.0. The largest absolute Gasteiger partial charge is 0 e. The molecule has 0 spiro atoms. The van der Waals surface area contributed by atoms with Gasteiger partial charge in [-0.2, -0.15) is 0 Å². The standard InChI is InChI=1S/2C6H10O3.2C4H10O.2O.2Ti.H2/c2*1-3-9-6(8)4-5(2)7;2*1-2-3-4-5;;;;;/h2*4,7H,3H2,1-2H3;2*5H,2-4H2,1H3;;;;;1H/i;;;;;;;;1+1. The molecule has 12 heteroatoms. The normalized spacial score (nSPS) is 9.12. The maximum absolute atomic E-state index is 10.4. The number of aliphatic hydroxyl groups excluding tert-OH is 4. The molecule has 4 N–H and O–H groups in total. The molecule has 0 atom stereocenters. The van der Waals surface area contributed by atoms with E-state index in [0.717, 1.165) is 37.8 Å². The van der Waals surface area contributed by atoms with Crippen LogP contribution in [0, 0.1) is 0 Å². The number of carbonyl (C=O) groups is 2. The molecule has 0 saturated carbocycles. The molecule has 0 aromatic carbocycles. The molecule has 0 aromatic rings. The van der Waals surface area contributed by atoms with Gasteiger partial charge in [0.05, 0.1) is 36.9 Å². The maximum atomic E-state index is 10.4. The Morgan fingerprint density at radius 3 is 1.12 bits per heavy atom. The summed E-state index contributed by atoms with van der Waals surface area (Å²) in [7, 11) is 0. The van der Waals surface area contributed by atoms with Crippen molar-refractivity contribution in [2.75, 3.05) is 26.4 Å². The Morgan fingerprint density at radius 2 is 1.03 bits per heavy atom. The number of carbonyl (C=O) groups excluding carboxylic acids is 2. The van der Waals surface area contributed by atoms with Crippen molar-refractivity contribution in [2.24, 2.45) is 0 Å². The summed E-state index contributed by atoms with van der Waals surface area (Å²) in [6.45, 7) is 11.7. The molecule has 0 aliphatic rings. The van der Waals surface area contributed by atoms with Gasteiger partial charge in [-0.05, 0) is 40.5 Å². The Bertz CT molecular complexity index is 445. The third-order valence-electron chi connectivity index (χ3n) is 2.25. The number of esters is 2. The third-order valence-corrected chi connectivity index (χ3v) is 2.25. The van der Waals surface area contributed by atoms with Gasteiger partial charge in [-0.15, -0.1) is 0 Å². The number of aliphatic hydroxyl groups is 4. The first-order valence-corrected chi connectivity index (χ1v) is 11.1. The topological polar surface area (TPSA) is 168 Å². The smallest absolute Gasteiger partial charge is 0 e. The van der Waals surface area contributed by atoms with Crippen LogP contribution in [0.4, 0.5) is 0 Å². The molecular weight excluding hydrogens is 496 g/mol. The van der Waals surface area contributed by atoms with Crippen molar-refractivity contribution in [1.82, 2.24) is 0 Å². The molecule has 0 saturated heterocycles. The van der Waals surface area contributed by atoms with E-state index in [0.29, 0.717) is 26.4 Å². The van der Waals surface area contributed by atoms with E-state index in [1.807, 2.05) is 0 Å². The summed E-state index contributed by atoms with van der Waals surface area (Å²) >= 11 is -2.00. The molecule has 0 unspecified atom stereocenters. The first-order chi connectivity index (χ1) is 14.6. The first-order valence-electron chi connectivity index (χ1n) is 9.86. The van der Waals surface area contributed by atoms with Crippen molar-refractivity contribution >= 4 is 11.9 Å². The van der Waals surface area contributed by atoms with Gasteiger partial charge in [0.2, 0.25) is 0 Å². The average molecular weight is 539 g/mol. The van der Waals surface area contributed by atoms with Gasteiger partial charge in [-0.1, -0.05) is 26.7 Å². The number of hydrogen-bond acceptors (Lipinski definition) is 10. The van der Waals surface area contributed by atoms with Crippen LogP contribution in [0.25, 0.3) is 0 Å². The van der Waals surface area contributed by atoms with Crippen molar-refractivity contribution in [2.45, 2.75) is 67.2 Å². The Morgan fingerprint density at radius 1 is 0.781 bits per heavy atom. The summed E-state index contributed by atoms with van der Waals surface area (Å²) < 4.78 is 26.0. The van der Waals surface area contributed by atoms with Gasteiger partial charge in [0.25, 0.3) is 0 Å². The fourth-order valence-electron chi connectivity index (χ4n) is 1.03. The molecule has 0 bridgehead atoms. The van der Waals surface area contributed by atoms with E-state index in [-0.39, 0.29) is 34.7 Å². The maximum Gasteiger partial charge on any atom is 0 e. The van der Waals surface area contributed by atoms with Crippen molar-refractivity contribution in [3.05, 3.63) is 23.7 Å². The number of hydrogen-bond donors (Lipinski definition) is 4. The molecule has 0 heterocycles. The molecule has 0 amide bonds. The van der Waals surface area contributed by atoms with Crippen LogP contribution in [0.1, 0.15) is 68.7 Å². The SMILES string of the molecule is CCCCO.CCCCO.CCOC(=O)C=C(C)O.CCOC(=O)C=C(C)O.[2HH].[O]=[Ti]=[O].[Ti]. The second-order valence-corrected chi connectivity index (χ2v) is 5.57. The minimum atomic E-state index is -2.00. The monoisotopic (exact) mass is 539 g/mol. The Hall–Kier alpha value is -1.03. The van der Waals surface area contributed by atoms with Crippen molar-refractivity contribution in [3.63, 3.8) is 0 Å². The van der Waals surface area contributed by atoms with E-state index in [9.17, 15) is 9.59 Å². The third kappa shape index (κ3) is 78.7. The molecule has 0 radical (unpaired) electrons. The molecule has 0 fully saturated rings. The summed E-state index contributed by atoms with van der Waals surface area (Å²) in [6.07, 6.45) is 6.14. The van der Waals surface area contributed by atoms with Gasteiger partial charge in [0, 0.05) is 36.4 Å². The quantitative estimate of drug-likeness (QED) is 0.155. The number of allylic oxidation sites excluding steroid dienone is 2. The summed E-state index contributed by atoms with van der Waals surface area (Å²) in [5.41, 5.74) is 0. The number of rotatable bonds is 8. The minimum absolute atomic E-state index is 0. The Labute approximate surface area is 217 Å². The van der Waals surface area contributed by atoms with E-state index in [2.05, 4.69) is 23.3 Å². The van der Waals surface area contributed by atoms with Crippen molar-refractivity contribution in [3.8, 4) is 0 Å². The molecule has 0 rings (SSSR count). The van der Waals surface area contributed by atoms with Crippen molar-refractivity contribution in [1.29, 1.82) is 0 Å². The number of unbranched alkanes of at least 4 members (excludes halogenated alkanes) is 2.